The summed E-state index contributed by atoms with van der Waals surface area (Å²) in [7, 11) is 0. The van der Waals surface area contributed by atoms with Crippen molar-refractivity contribution in [2.24, 2.45) is 0 Å². The fourth-order valence-electron chi connectivity index (χ4n) is 2.23. The van der Waals surface area contributed by atoms with Crippen molar-refractivity contribution in [1.29, 1.82) is 0 Å². The van der Waals surface area contributed by atoms with Crippen LogP contribution in [-0.4, -0.2) is 9.30 Å². The van der Waals surface area contributed by atoms with Gasteiger partial charge in [-0.05, 0) is 11.1 Å². The summed E-state index contributed by atoms with van der Waals surface area (Å²) in [5.74, 6) is 0. The van der Waals surface area contributed by atoms with Crippen LogP contribution in [0.4, 0.5) is 0 Å². The largest absolute Gasteiger partial charge is 0.401 e. The van der Waals surface area contributed by atoms with Crippen LogP contribution in [0.1, 0.15) is 11.1 Å². The van der Waals surface area contributed by atoms with Gasteiger partial charge in [0.05, 0.1) is 6.54 Å². The van der Waals surface area contributed by atoms with E-state index >= 15 is 0 Å². The lowest BCUT2D eigenvalue weighted by Crippen LogP contribution is -2.42. The number of aromatic nitrogens is 2. The fraction of sp³-hybridized carbons (Fsp3) is 0.111. The Bertz CT molecular complexity index is 883. The summed E-state index contributed by atoms with van der Waals surface area (Å²) in [5, 5.41) is 0. The van der Waals surface area contributed by atoms with Crippen LogP contribution in [0, 0.1) is 0 Å². The lowest BCUT2D eigenvalue weighted by Gasteiger charge is -2.11. The lowest BCUT2D eigenvalue weighted by atomic mass is 10.2. The molecule has 0 N–H and O–H groups in total. The van der Waals surface area contributed by atoms with Crippen LogP contribution in [0.15, 0.2) is 82.5 Å². The first-order valence-electron chi connectivity index (χ1n) is 7.28. The molecule has 0 spiro atoms. The summed E-state index contributed by atoms with van der Waals surface area (Å²) in [6, 6.07) is 20.3. The Morgan fingerprint density at radius 2 is 1.39 bits per heavy atom. The maximum Gasteiger partial charge on any atom is 0.364 e. The van der Waals surface area contributed by atoms with Crippen LogP contribution < -0.4 is 16.1 Å². The molecule has 3 rings (SSSR count). The van der Waals surface area contributed by atoms with Crippen molar-refractivity contribution >= 4 is 0 Å². The third-order valence-corrected chi connectivity index (χ3v) is 3.42. The zero-order valence-corrected chi connectivity index (χ0v) is 12.5. The van der Waals surface area contributed by atoms with Gasteiger partial charge in [-0.25, -0.2) is 4.79 Å². The Morgan fingerprint density at radius 3 is 2.04 bits per heavy atom. The highest BCUT2D eigenvalue weighted by Crippen LogP contribution is 2.00. The molecule has 5 nitrogen and oxygen atoms in total. The van der Waals surface area contributed by atoms with Crippen LogP contribution >= 0.6 is 0 Å². The number of hydrogen-bond donors (Lipinski definition) is 0. The first kappa shape index (κ1) is 14.8. The average molecular weight is 308 g/mol. The highest BCUT2D eigenvalue weighted by Gasteiger charge is 2.07. The molecule has 116 valence electrons. The van der Waals surface area contributed by atoms with Gasteiger partial charge >= 0.3 is 5.69 Å². The average Bonchev–Trinajstić information content (AvgIpc) is 2.59. The van der Waals surface area contributed by atoms with Gasteiger partial charge in [-0.2, -0.15) is 0 Å². The second-order valence-electron chi connectivity index (χ2n) is 5.10. The van der Waals surface area contributed by atoms with E-state index in [-0.39, 0.29) is 6.61 Å². The van der Waals surface area contributed by atoms with E-state index < -0.39 is 11.2 Å². The molecule has 5 heteroatoms. The number of nitrogens with zero attached hydrogens (tertiary/aromatic N) is 2. The van der Waals surface area contributed by atoms with Gasteiger partial charge in [0.1, 0.15) is 6.61 Å². The third-order valence-electron chi connectivity index (χ3n) is 3.42. The highest BCUT2D eigenvalue weighted by molar-refractivity contribution is 5.15. The lowest BCUT2D eigenvalue weighted by molar-refractivity contribution is 0.0757. The molecule has 0 aliphatic carbocycles. The van der Waals surface area contributed by atoms with Crippen molar-refractivity contribution in [3.05, 3.63) is 105 Å². The Labute approximate surface area is 133 Å². The third kappa shape index (κ3) is 3.58. The van der Waals surface area contributed by atoms with E-state index in [1.807, 2.05) is 60.7 Å². The van der Waals surface area contributed by atoms with Gasteiger partial charge in [-0.15, -0.1) is 0 Å². The molecule has 2 aromatic carbocycles. The molecule has 0 aliphatic heterocycles. The predicted octanol–water partition coefficient (Wildman–Crippen LogP) is 1.69. The summed E-state index contributed by atoms with van der Waals surface area (Å²) in [5.41, 5.74) is 0.896. The molecule has 0 amide bonds. The second-order valence-corrected chi connectivity index (χ2v) is 5.10. The Hall–Kier alpha value is -3.08. The zero-order valence-electron chi connectivity index (χ0n) is 12.5. The van der Waals surface area contributed by atoms with Crippen molar-refractivity contribution in [1.82, 2.24) is 9.30 Å². The summed E-state index contributed by atoms with van der Waals surface area (Å²) >= 11 is 0. The minimum Gasteiger partial charge on any atom is -0.401 e. The molecular formula is C18H16N2O3. The van der Waals surface area contributed by atoms with Crippen molar-refractivity contribution in [3.63, 3.8) is 0 Å². The van der Waals surface area contributed by atoms with Crippen molar-refractivity contribution in [3.8, 4) is 0 Å². The van der Waals surface area contributed by atoms with Crippen LogP contribution in [0.25, 0.3) is 0 Å². The molecule has 0 unspecified atom stereocenters. The molecule has 0 saturated carbocycles. The molecule has 0 bridgehead atoms. The molecule has 0 fully saturated rings. The van der Waals surface area contributed by atoms with Crippen molar-refractivity contribution < 1.29 is 4.84 Å². The number of hydrogen-bond acceptors (Lipinski definition) is 3. The molecule has 0 radical (unpaired) electrons. The quantitative estimate of drug-likeness (QED) is 0.721. The summed E-state index contributed by atoms with van der Waals surface area (Å²) in [6.45, 7) is 0.542. The number of rotatable bonds is 5. The summed E-state index contributed by atoms with van der Waals surface area (Å²) in [4.78, 5) is 29.7. The van der Waals surface area contributed by atoms with Crippen LogP contribution in [0.5, 0.6) is 0 Å². The SMILES string of the molecule is O=c1ccn(Cc2ccccc2)c(=O)n1OCc1ccccc1. The predicted molar refractivity (Wildman–Crippen MR) is 87.2 cm³/mol. The van der Waals surface area contributed by atoms with Gasteiger partial charge in [0.15, 0.2) is 0 Å². The topological polar surface area (TPSA) is 53.2 Å². The van der Waals surface area contributed by atoms with Gasteiger partial charge in [0, 0.05) is 12.3 Å². The van der Waals surface area contributed by atoms with Crippen molar-refractivity contribution in [2.45, 2.75) is 13.2 Å². The Balaban J connectivity index is 1.84. The van der Waals surface area contributed by atoms with E-state index in [1.54, 1.807) is 0 Å². The molecule has 0 atom stereocenters. The molecule has 0 saturated heterocycles. The van der Waals surface area contributed by atoms with Crippen LogP contribution in [0.2, 0.25) is 0 Å². The summed E-state index contributed by atoms with van der Waals surface area (Å²) < 4.78 is 2.25. The number of benzene rings is 2. The summed E-state index contributed by atoms with van der Waals surface area (Å²) in [6.07, 6.45) is 1.49. The normalized spacial score (nSPS) is 10.4. The molecular weight excluding hydrogens is 292 g/mol. The van der Waals surface area contributed by atoms with E-state index in [0.29, 0.717) is 6.54 Å². The maximum atomic E-state index is 12.4. The zero-order chi connectivity index (χ0) is 16.1. The molecule has 3 aromatic rings. The smallest absolute Gasteiger partial charge is 0.364 e. The van der Waals surface area contributed by atoms with Crippen molar-refractivity contribution in [2.75, 3.05) is 0 Å². The van der Waals surface area contributed by atoms with Gasteiger partial charge < -0.3 is 4.84 Å². The van der Waals surface area contributed by atoms with Gasteiger partial charge in [0.2, 0.25) is 0 Å². The molecule has 23 heavy (non-hydrogen) atoms. The van der Waals surface area contributed by atoms with Gasteiger partial charge in [0.25, 0.3) is 5.56 Å². The fourth-order valence-corrected chi connectivity index (χ4v) is 2.23. The van der Waals surface area contributed by atoms with Crippen LogP contribution in [-0.2, 0) is 13.2 Å². The Kier molecular flexibility index (Phi) is 4.38. The van der Waals surface area contributed by atoms with E-state index in [2.05, 4.69) is 0 Å². The maximum absolute atomic E-state index is 12.4. The van der Waals surface area contributed by atoms with Gasteiger partial charge in [-0.1, -0.05) is 65.4 Å². The second kappa shape index (κ2) is 6.79. The first-order valence-corrected chi connectivity index (χ1v) is 7.28. The minimum absolute atomic E-state index is 0.158. The first-order chi connectivity index (χ1) is 11.2. The molecule has 1 heterocycles. The van der Waals surface area contributed by atoms with Gasteiger partial charge in [-0.3, -0.25) is 9.36 Å². The van der Waals surface area contributed by atoms with E-state index in [1.165, 1.54) is 16.8 Å². The van der Waals surface area contributed by atoms with E-state index in [4.69, 9.17) is 4.84 Å². The molecule has 1 aromatic heterocycles. The minimum atomic E-state index is -0.489. The van der Waals surface area contributed by atoms with E-state index in [9.17, 15) is 9.59 Å². The monoisotopic (exact) mass is 308 g/mol. The van der Waals surface area contributed by atoms with E-state index in [0.717, 1.165) is 15.9 Å². The standard InChI is InChI=1S/C18H16N2O3/c21-17-11-12-19(13-15-7-3-1-4-8-15)18(22)20(17)23-14-16-9-5-2-6-10-16/h1-12H,13-14H2. The van der Waals surface area contributed by atoms with Crippen LogP contribution in [0.3, 0.4) is 0 Å². The highest BCUT2D eigenvalue weighted by atomic mass is 16.7. The Morgan fingerprint density at radius 1 is 0.783 bits per heavy atom. The molecule has 0 aliphatic rings.